The van der Waals surface area contributed by atoms with Gasteiger partial charge in [0.2, 0.25) is 0 Å². The van der Waals surface area contributed by atoms with E-state index in [-0.39, 0.29) is 17.0 Å². The van der Waals surface area contributed by atoms with Crippen molar-refractivity contribution in [1.82, 2.24) is 9.55 Å². The fraction of sp³-hybridized carbons (Fsp3) is 0.375. The van der Waals surface area contributed by atoms with Gasteiger partial charge in [-0.1, -0.05) is 18.2 Å². The lowest BCUT2D eigenvalue weighted by Gasteiger charge is -2.22. The molecule has 0 bridgehead atoms. The van der Waals surface area contributed by atoms with Crippen molar-refractivity contribution in [2.45, 2.75) is 32.7 Å². The Labute approximate surface area is 124 Å². The van der Waals surface area contributed by atoms with Crippen LogP contribution in [0.5, 0.6) is 5.88 Å². The third-order valence-corrected chi connectivity index (χ3v) is 3.20. The Morgan fingerprint density at radius 2 is 2.00 bits per heavy atom. The summed E-state index contributed by atoms with van der Waals surface area (Å²) in [4.78, 5) is 16.3. The van der Waals surface area contributed by atoms with Gasteiger partial charge in [-0.3, -0.25) is 4.79 Å². The molecule has 1 aromatic carbocycles. The summed E-state index contributed by atoms with van der Waals surface area (Å²) >= 11 is 0. The monoisotopic (exact) mass is 287 g/mol. The van der Waals surface area contributed by atoms with Crippen molar-refractivity contribution in [2.24, 2.45) is 0 Å². The molecule has 0 aliphatic heterocycles. The summed E-state index contributed by atoms with van der Waals surface area (Å²) < 4.78 is 7.15. The largest absolute Gasteiger partial charge is 0.473 e. The minimum Gasteiger partial charge on any atom is -0.473 e. The number of anilines is 1. The number of aromatic nitrogens is 2. The molecule has 0 spiro atoms. The van der Waals surface area contributed by atoms with Crippen molar-refractivity contribution in [3.8, 4) is 5.88 Å². The average molecular weight is 287 g/mol. The van der Waals surface area contributed by atoms with Gasteiger partial charge in [0.25, 0.3) is 5.88 Å². The molecule has 1 heterocycles. The molecule has 21 heavy (non-hydrogen) atoms. The van der Waals surface area contributed by atoms with Gasteiger partial charge in [0, 0.05) is 30.0 Å². The van der Waals surface area contributed by atoms with Gasteiger partial charge in [-0.05, 0) is 32.4 Å². The molecule has 0 amide bonds. The van der Waals surface area contributed by atoms with Crippen LogP contribution in [-0.2, 0) is 12.0 Å². The summed E-state index contributed by atoms with van der Waals surface area (Å²) in [5.41, 5.74) is 7.09. The first-order valence-electron chi connectivity index (χ1n) is 6.94. The lowest BCUT2D eigenvalue weighted by Crippen LogP contribution is -2.34. The predicted molar refractivity (Wildman–Crippen MR) is 83.5 cm³/mol. The number of hydrogen-bond donors (Lipinski definition) is 1. The first-order chi connectivity index (χ1) is 9.89. The summed E-state index contributed by atoms with van der Waals surface area (Å²) in [5.74, 6) is 0.127. The molecule has 1 aromatic heterocycles. The molecular weight excluding hydrogens is 266 g/mol. The van der Waals surface area contributed by atoms with Crippen LogP contribution < -0.4 is 16.0 Å². The zero-order valence-electron chi connectivity index (χ0n) is 12.7. The van der Waals surface area contributed by atoms with Crippen molar-refractivity contribution >= 4 is 5.69 Å². The maximum absolute atomic E-state index is 12.3. The minimum absolute atomic E-state index is 0.127. The summed E-state index contributed by atoms with van der Waals surface area (Å²) in [6.45, 7) is 6.25. The molecule has 0 atom stereocenters. The van der Waals surface area contributed by atoms with Crippen LogP contribution in [0.2, 0.25) is 0 Å². The number of ether oxygens (including phenoxy) is 1. The highest BCUT2D eigenvalue weighted by atomic mass is 16.5. The predicted octanol–water partition coefficient (Wildman–Crippen LogP) is 2.20. The number of benzene rings is 1. The van der Waals surface area contributed by atoms with Crippen molar-refractivity contribution in [1.29, 1.82) is 0 Å². The van der Waals surface area contributed by atoms with Crippen LogP contribution in [0.25, 0.3) is 0 Å². The Hall–Kier alpha value is -2.30. The summed E-state index contributed by atoms with van der Waals surface area (Å²) in [6.07, 6.45) is 3.89. The highest BCUT2D eigenvalue weighted by Crippen LogP contribution is 2.13. The van der Waals surface area contributed by atoms with Crippen LogP contribution in [0.15, 0.2) is 41.5 Å². The topological polar surface area (TPSA) is 70.1 Å². The molecule has 0 aliphatic rings. The van der Waals surface area contributed by atoms with E-state index in [4.69, 9.17) is 10.5 Å². The van der Waals surface area contributed by atoms with E-state index in [0.717, 1.165) is 11.3 Å². The second-order valence-corrected chi connectivity index (χ2v) is 5.88. The summed E-state index contributed by atoms with van der Waals surface area (Å²) in [5, 5.41) is 0. The maximum atomic E-state index is 12.3. The Bertz CT molecular complexity index is 672. The smallest absolute Gasteiger partial charge is 0.313 e. The standard InChI is InChI=1S/C16H21N3O2/c1-16(2,3)19-10-9-18-14(15(19)20)21-11-8-12-6-4-5-7-13(12)17/h4-7,9-10H,8,11,17H2,1-3H3. The van der Waals surface area contributed by atoms with Crippen LogP contribution in [0.4, 0.5) is 5.69 Å². The van der Waals surface area contributed by atoms with Gasteiger partial charge in [-0.15, -0.1) is 0 Å². The van der Waals surface area contributed by atoms with Crippen molar-refractivity contribution in [3.63, 3.8) is 0 Å². The van der Waals surface area contributed by atoms with E-state index in [1.165, 1.54) is 0 Å². The molecule has 2 aromatic rings. The number of nitrogens with two attached hydrogens (primary N) is 1. The molecule has 0 saturated heterocycles. The van der Waals surface area contributed by atoms with Gasteiger partial charge in [0.1, 0.15) is 0 Å². The number of hydrogen-bond acceptors (Lipinski definition) is 4. The quantitative estimate of drug-likeness (QED) is 0.875. The van der Waals surface area contributed by atoms with Crippen LogP contribution in [0, 0.1) is 0 Å². The number of rotatable bonds is 4. The van der Waals surface area contributed by atoms with Crippen molar-refractivity contribution < 1.29 is 4.74 Å². The van der Waals surface area contributed by atoms with E-state index in [9.17, 15) is 4.79 Å². The lowest BCUT2D eigenvalue weighted by atomic mass is 10.1. The van der Waals surface area contributed by atoms with E-state index >= 15 is 0 Å². The number of nitrogen functional groups attached to an aromatic ring is 1. The van der Waals surface area contributed by atoms with Crippen LogP contribution >= 0.6 is 0 Å². The van der Waals surface area contributed by atoms with Crippen molar-refractivity contribution in [2.75, 3.05) is 12.3 Å². The normalized spacial score (nSPS) is 11.4. The number of para-hydroxylation sites is 1. The first kappa shape index (κ1) is 15.1. The molecule has 2 N–H and O–H groups in total. The molecule has 2 rings (SSSR count). The highest BCUT2D eigenvalue weighted by Gasteiger charge is 2.17. The molecule has 0 unspecified atom stereocenters. The lowest BCUT2D eigenvalue weighted by molar-refractivity contribution is 0.290. The van der Waals surface area contributed by atoms with Gasteiger partial charge >= 0.3 is 5.56 Å². The molecule has 0 saturated carbocycles. The molecule has 0 fully saturated rings. The third kappa shape index (κ3) is 3.62. The van der Waals surface area contributed by atoms with E-state index in [1.807, 2.05) is 45.0 Å². The molecule has 5 nitrogen and oxygen atoms in total. The Kier molecular flexibility index (Phi) is 4.31. The second-order valence-electron chi connectivity index (χ2n) is 5.88. The van der Waals surface area contributed by atoms with E-state index in [2.05, 4.69) is 4.98 Å². The van der Waals surface area contributed by atoms with Gasteiger partial charge in [0.05, 0.1) is 6.61 Å². The summed E-state index contributed by atoms with van der Waals surface area (Å²) in [7, 11) is 0. The highest BCUT2D eigenvalue weighted by molar-refractivity contribution is 5.46. The molecular formula is C16H21N3O2. The first-order valence-corrected chi connectivity index (χ1v) is 6.94. The molecule has 112 valence electrons. The minimum atomic E-state index is -0.304. The zero-order valence-corrected chi connectivity index (χ0v) is 12.7. The van der Waals surface area contributed by atoms with Crippen LogP contribution in [-0.4, -0.2) is 16.2 Å². The van der Waals surface area contributed by atoms with E-state index in [1.54, 1.807) is 17.0 Å². The summed E-state index contributed by atoms with van der Waals surface area (Å²) in [6, 6.07) is 7.62. The molecule has 0 radical (unpaired) electrons. The van der Waals surface area contributed by atoms with Crippen molar-refractivity contribution in [3.05, 3.63) is 52.6 Å². The second kappa shape index (κ2) is 5.99. The van der Waals surface area contributed by atoms with Gasteiger partial charge in [0.15, 0.2) is 0 Å². The maximum Gasteiger partial charge on any atom is 0.313 e. The zero-order chi connectivity index (χ0) is 15.5. The molecule has 0 aliphatic carbocycles. The van der Waals surface area contributed by atoms with Gasteiger partial charge in [-0.25, -0.2) is 4.98 Å². The fourth-order valence-electron chi connectivity index (χ4n) is 2.04. The van der Waals surface area contributed by atoms with Gasteiger partial charge < -0.3 is 15.0 Å². The average Bonchev–Trinajstić information content (AvgIpc) is 2.41. The van der Waals surface area contributed by atoms with Gasteiger partial charge in [-0.2, -0.15) is 0 Å². The fourth-order valence-corrected chi connectivity index (χ4v) is 2.04. The Balaban J connectivity index is 2.08. The van der Waals surface area contributed by atoms with E-state index < -0.39 is 0 Å². The Morgan fingerprint density at radius 1 is 1.29 bits per heavy atom. The van der Waals surface area contributed by atoms with Crippen LogP contribution in [0.1, 0.15) is 26.3 Å². The third-order valence-electron chi connectivity index (χ3n) is 3.20. The Morgan fingerprint density at radius 3 is 2.67 bits per heavy atom. The molecule has 5 heteroatoms. The SMILES string of the molecule is CC(C)(C)n1ccnc(OCCc2ccccc2N)c1=O. The van der Waals surface area contributed by atoms with Crippen LogP contribution in [0.3, 0.4) is 0 Å². The van der Waals surface area contributed by atoms with E-state index in [0.29, 0.717) is 13.0 Å². The number of nitrogens with zero attached hydrogens (tertiary/aromatic N) is 2.